The summed E-state index contributed by atoms with van der Waals surface area (Å²) in [6.07, 6.45) is 1.91. The lowest BCUT2D eigenvalue weighted by Crippen LogP contribution is -2.38. The van der Waals surface area contributed by atoms with E-state index in [1.54, 1.807) is 0 Å². The molecular weight excluding hydrogens is 186 g/mol. The summed E-state index contributed by atoms with van der Waals surface area (Å²) in [6, 6.07) is 0.413. The highest BCUT2D eigenvalue weighted by Crippen LogP contribution is 2.33. The van der Waals surface area contributed by atoms with Crippen LogP contribution in [-0.2, 0) is 0 Å². The molecule has 0 aliphatic carbocycles. The highest BCUT2D eigenvalue weighted by molar-refractivity contribution is 5.11. The molecule has 2 N–H and O–H groups in total. The van der Waals surface area contributed by atoms with Crippen molar-refractivity contribution >= 4 is 0 Å². The van der Waals surface area contributed by atoms with Crippen LogP contribution in [0.3, 0.4) is 0 Å². The van der Waals surface area contributed by atoms with Crippen molar-refractivity contribution < 1.29 is 0 Å². The van der Waals surface area contributed by atoms with Crippen LogP contribution in [0.2, 0.25) is 0 Å². The van der Waals surface area contributed by atoms with Crippen LogP contribution >= 0.6 is 0 Å². The summed E-state index contributed by atoms with van der Waals surface area (Å²) >= 11 is 0. The van der Waals surface area contributed by atoms with E-state index in [4.69, 9.17) is 5.73 Å². The molecule has 15 heavy (non-hydrogen) atoms. The molecular formula is C12H23N3. The third kappa shape index (κ3) is 2.40. The molecule has 86 valence electrons. The van der Waals surface area contributed by atoms with Gasteiger partial charge in [0.05, 0.1) is 18.1 Å². The second-order valence-electron chi connectivity index (χ2n) is 5.49. The predicted molar refractivity (Wildman–Crippen MR) is 63.8 cm³/mol. The van der Waals surface area contributed by atoms with Gasteiger partial charge < -0.3 is 10.3 Å². The van der Waals surface area contributed by atoms with Gasteiger partial charge >= 0.3 is 0 Å². The van der Waals surface area contributed by atoms with Crippen molar-refractivity contribution in [2.24, 2.45) is 11.1 Å². The average molecular weight is 209 g/mol. The monoisotopic (exact) mass is 209 g/mol. The highest BCUT2D eigenvalue weighted by Gasteiger charge is 2.30. The number of imidazole rings is 1. The molecule has 0 fully saturated rings. The normalized spacial score (nSPS) is 16.5. The third-order valence-corrected chi connectivity index (χ3v) is 2.97. The maximum absolute atomic E-state index is 6.08. The first-order valence-corrected chi connectivity index (χ1v) is 5.50. The summed E-state index contributed by atoms with van der Waals surface area (Å²) in [4.78, 5) is 4.34. The van der Waals surface area contributed by atoms with Gasteiger partial charge in [-0.05, 0) is 26.2 Å². The Bertz CT molecular complexity index is 331. The Kier molecular flexibility index (Phi) is 3.24. The average Bonchev–Trinajstić information content (AvgIpc) is 2.33. The summed E-state index contributed by atoms with van der Waals surface area (Å²) < 4.78 is 2.21. The van der Waals surface area contributed by atoms with Crippen molar-refractivity contribution in [1.29, 1.82) is 0 Å². The van der Waals surface area contributed by atoms with E-state index in [-0.39, 0.29) is 11.5 Å². The Morgan fingerprint density at radius 3 is 2.13 bits per heavy atom. The predicted octanol–water partition coefficient (Wildman–Crippen LogP) is 2.43. The number of aromatic nitrogens is 2. The van der Waals surface area contributed by atoms with Gasteiger partial charge in [-0.3, -0.25) is 0 Å². The van der Waals surface area contributed by atoms with Crippen LogP contribution in [0.15, 0.2) is 6.33 Å². The number of nitrogens with zero attached hydrogens (tertiary/aromatic N) is 2. The number of rotatable bonds is 2. The van der Waals surface area contributed by atoms with Crippen LogP contribution in [0, 0.1) is 19.3 Å². The zero-order valence-electron chi connectivity index (χ0n) is 10.7. The summed E-state index contributed by atoms with van der Waals surface area (Å²) in [5.74, 6) is 0. The van der Waals surface area contributed by atoms with Crippen LogP contribution in [0.5, 0.6) is 0 Å². The fraction of sp³-hybridized carbons (Fsp3) is 0.750. The molecule has 0 saturated carbocycles. The van der Waals surface area contributed by atoms with Gasteiger partial charge in [0.2, 0.25) is 0 Å². The zero-order valence-corrected chi connectivity index (χ0v) is 10.7. The third-order valence-electron chi connectivity index (χ3n) is 2.97. The first-order valence-electron chi connectivity index (χ1n) is 5.50. The molecule has 1 aromatic rings. The number of hydrogen-bond donors (Lipinski definition) is 1. The summed E-state index contributed by atoms with van der Waals surface area (Å²) in [5, 5.41) is 0. The fourth-order valence-electron chi connectivity index (χ4n) is 2.26. The second kappa shape index (κ2) is 3.97. The Hall–Kier alpha value is -0.830. The first-order chi connectivity index (χ1) is 6.75. The van der Waals surface area contributed by atoms with Crippen molar-refractivity contribution in [3.05, 3.63) is 17.7 Å². The van der Waals surface area contributed by atoms with E-state index in [0.717, 1.165) is 5.69 Å². The van der Waals surface area contributed by atoms with Gasteiger partial charge in [-0.15, -0.1) is 0 Å². The minimum atomic E-state index is 0.122. The lowest BCUT2D eigenvalue weighted by Gasteiger charge is -2.35. The number of hydrogen-bond acceptors (Lipinski definition) is 2. The number of nitrogens with two attached hydrogens (primary N) is 1. The van der Waals surface area contributed by atoms with Crippen LogP contribution in [-0.4, -0.2) is 15.6 Å². The van der Waals surface area contributed by atoms with Gasteiger partial charge in [0, 0.05) is 11.7 Å². The van der Waals surface area contributed by atoms with Gasteiger partial charge in [0.25, 0.3) is 0 Å². The molecule has 0 aromatic carbocycles. The maximum Gasteiger partial charge on any atom is 0.0954 e. The molecule has 0 amide bonds. The minimum Gasteiger partial charge on any atom is -0.329 e. The smallest absolute Gasteiger partial charge is 0.0954 e. The molecule has 1 aromatic heterocycles. The fourth-order valence-corrected chi connectivity index (χ4v) is 2.26. The van der Waals surface area contributed by atoms with Gasteiger partial charge in [-0.25, -0.2) is 4.98 Å². The summed E-state index contributed by atoms with van der Waals surface area (Å²) in [6.45, 7) is 12.8. The van der Waals surface area contributed by atoms with Gasteiger partial charge in [-0.2, -0.15) is 0 Å². The Morgan fingerprint density at radius 1 is 1.33 bits per heavy atom. The first kappa shape index (κ1) is 12.2. The van der Waals surface area contributed by atoms with Crippen molar-refractivity contribution in [1.82, 2.24) is 9.55 Å². The second-order valence-corrected chi connectivity index (χ2v) is 5.49. The summed E-state index contributed by atoms with van der Waals surface area (Å²) in [5.41, 5.74) is 8.53. The van der Waals surface area contributed by atoms with Gasteiger partial charge in [-0.1, -0.05) is 20.8 Å². The van der Waals surface area contributed by atoms with E-state index in [2.05, 4.69) is 44.2 Å². The quantitative estimate of drug-likeness (QED) is 0.813. The topological polar surface area (TPSA) is 43.8 Å². The molecule has 3 heteroatoms. The van der Waals surface area contributed by atoms with E-state index in [9.17, 15) is 0 Å². The largest absolute Gasteiger partial charge is 0.329 e. The van der Waals surface area contributed by atoms with Gasteiger partial charge in [0.15, 0.2) is 0 Å². The van der Waals surface area contributed by atoms with E-state index in [1.165, 1.54) is 5.69 Å². The van der Waals surface area contributed by atoms with E-state index in [1.807, 2.05) is 13.3 Å². The maximum atomic E-state index is 6.08. The van der Waals surface area contributed by atoms with E-state index in [0.29, 0.717) is 6.04 Å². The van der Waals surface area contributed by atoms with E-state index >= 15 is 0 Å². The molecule has 0 aliphatic rings. The highest BCUT2D eigenvalue weighted by atomic mass is 15.1. The van der Waals surface area contributed by atoms with Crippen LogP contribution in [0.4, 0.5) is 0 Å². The van der Waals surface area contributed by atoms with Crippen LogP contribution in [0.1, 0.15) is 45.1 Å². The SMILES string of the molecule is Cc1ncn(C(C(C)N)C(C)(C)C)c1C. The standard InChI is InChI=1S/C12H23N3/c1-8(13)11(12(4,5)6)15-7-14-9(2)10(15)3/h7-8,11H,13H2,1-6H3. The Morgan fingerprint density at radius 2 is 1.87 bits per heavy atom. The van der Waals surface area contributed by atoms with Crippen LogP contribution < -0.4 is 5.73 Å². The van der Waals surface area contributed by atoms with Crippen molar-refractivity contribution in [2.75, 3.05) is 0 Å². The minimum absolute atomic E-state index is 0.122. The molecule has 0 radical (unpaired) electrons. The molecule has 0 aliphatic heterocycles. The lowest BCUT2D eigenvalue weighted by atomic mass is 9.82. The van der Waals surface area contributed by atoms with Gasteiger partial charge in [0.1, 0.15) is 0 Å². The molecule has 3 nitrogen and oxygen atoms in total. The Balaban J connectivity index is 3.17. The molecule has 1 heterocycles. The lowest BCUT2D eigenvalue weighted by molar-refractivity contribution is 0.209. The van der Waals surface area contributed by atoms with Crippen molar-refractivity contribution in [2.45, 2.75) is 53.6 Å². The van der Waals surface area contributed by atoms with E-state index < -0.39 is 0 Å². The summed E-state index contributed by atoms with van der Waals surface area (Å²) in [7, 11) is 0. The van der Waals surface area contributed by atoms with Crippen molar-refractivity contribution in [3.63, 3.8) is 0 Å². The molecule has 0 spiro atoms. The molecule has 0 saturated heterocycles. The molecule has 2 unspecified atom stereocenters. The van der Waals surface area contributed by atoms with Crippen LogP contribution in [0.25, 0.3) is 0 Å². The Labute approximate surface area is 92.7 Å². The molecule has 2 atom stereocenters. The van der Waals surface area contributed by atoms with Crippen molar-refractivity contribution in [3.8, 4) is 0 Å². The molecule has 1 rings (SSSR count). The number of aryl methyl sites for hydroxylation is 1. The zero-order chi connectivity index (χ0) is 11.8. The molecule has 0 bridgehead atoms.